The zero-order chi connectivity index (χ0) is 19.6. The number of fused-ring (bicyclic) bond motifs is 2. The first kappa shape index (κ1) is 17.4. The Balaban J connectivity index is 1.31. The monoisotopic (exact) mass is 385 g/mol. The average Bonchev–Trinajstić information content (AvgIpc) is 3.08. The minimum Gasteiger partial charge on any atom is -0.348 e. The maximum absolute atomic E-state index is 12.7. The van der Waals surface area contributed by atoms with Crippen LogP contribution >= 0.6 is 0 Å². The van der Waals surface area contributed by atoms with Crippen LogP contribution in [0, 0.1) is 0 Å². The van der Waals surface area contributed by atoms with Crippen LogP contribution in [0.2, 0.25) is 0 Å². The molecule has 1 N–H and O–H groups in total. The summed E-state index contributed by atoms with van der Waals surface area (Å²) in [7, 11) is 0. The molecule has 1 unspecified atom stereocenters. The van der Waals surface area contributed by atoms with Crippen molar-refractivity contribution in [3.63, 3.8) is 0 Å². The third-order valence-corrected chi connectivity index (χ3v) is 5.22. The minimum atomic E-state index is -0.172. The van der Waals surface area contributed by atoms with Crippen molar-refractivity contribution in [1.82, 2.24) is 35.0 Å². The van der Waals surface area contributed by atoms with E-state index < -0.39 is 0 Å². The Morgan fingerprint density at radius 1 is 1.03 bits per heavy atom. The lowest BCUT2D eigenvalue weighted by atomic mass is 10.1. The van der Waals surface area contributed by atoms with Gasteiger partial charge in [-0.2, -0.15) is 0 Å². The number of pyridine rings is 3. The molecule has 0 bridgehead atoms. The summed E-state index contributed by atoms with van der Waals surface area (Å²) in [6, 6.07) is 11.3. The Morgan fingerprint density at radius 3 is 2.83 bits per heavy atom. The van der Waals surface area contributed by atoms with Crippen molar-refractivity contribution in [3.8, 4) is 11.4 Å². The maximum Gasteiger partial charge on any atom is 0.270 e. The molecular weight excluding hydrogens is 366 g/mol. The molecule has 0 saturated heterocycles. The van der Waals surface area contributed by atoms with Crippen LogP contribution in [0.5, 0.6) is 0 Å². The number of nitrogens with one attached hydrogen (secondary N) is 1. The summed E-state index contributed by atoms with van der Waals surface area (Å²) in [5, 5.41) is 12.8. The number of rotatable bonds is 3. The first-order chi connectivity index (χ1) is 14.3. The van der Waals surface area contributed by atoms with Gasteiger partial charge in [-0.25, -0.2) is 9.97 Å². The molecule has 5 heterocycles. The van der Waals surface area contributed by atoms with Crippen LogP contribution < -0.4 is 5.32 Å². The third-order valence-electron chi connectivity index (χ3n) is 5.22. The molecule has 0 aliphatic carbocycles. The summed E-state index contributed by atoms with van der Waals surface area (Å²) in [6.45, 7) is 0.748. The fraction of sp³-hybridized carbons (Fsp3) is 0.238. The molecule has 8 heteroatoms. The van der Waals surface area contributed by atoms with Crippen molar-refractivity contribution in [1.29, 1.82) is 0 Å². The molecule has 0 radical (unpaired) electrons. The summed E-state index contributed by atoms with van der Waals surface area (Å²) in [5.74, 6) is 1.62. The first-order valence-electron chi connectivity index (χ1n) is 9.63. The molecule has 0 aromatic carbocycles. The van der Waals surface area contributed by atoms with Crippen LogP contribution in [-0.4, -0.2) is 41.7 Å². The fourth-order valence-corrected chi connectivity index (χ4v) is 3.69. The van der Waals surface area contributed by atoms with Crippen LogP contribution in [0.3, 0.4) is 0 Å². The Labute approximate surface area is 167 Å². The van der Waals surface area contributed by atoms with Gasteiger partial charge in [-0.1, -0.05) is 0 Å². The molecular formula is C21H19N7O. The molecule has 4 aromatic heterocycles. The van der Waals surface area contributed by atoms with Gasteiger partial charge in [0.2, 0.25) is 0 Å². The van der Waals surface area contributed by atoms with Gasteiger partial charge < -0.3 is 9.88 Å². The van der Waals surface area contributed by atoms with E-state index in [1.807, 2.05) is 30.3 Å². The number of aryl methyl sites for hydroxylation is 1. The quantitative estimate of drug-likeness (QED) is 0.582. The number of hydrogen-bond donors (Lipinski definition) is 1. The highest BCUT2D eigenvalue weighted by Gasteiger charge is 2.23. The van der Waals surface area contributed by atoms with Crippen molar-refractivity contribution in [2.45, 2.75) is 31.8 Å². The number of aromatic nitrogens is 6. The molecule has 1 aliphatic rings. The van der Waals surface area contributed by atoms with Crippen molar-refractivity contribution in [2.75, 3.05) is 0 Å². The van der Waals surface area contributed by atoms with E-state index in [1.165, 1.54) is 0 Å². The van der Waals surface area contributed by atoms with E-state index in [1.54, 1.807) is 24.7 Å². The lowest BCUT2D eigenvalue weighted by Crippen LogP contribution is -2.35. The van der Waals surface area contributed by atoms with Gasteiger partial charge in [-0.3, -0.25) is 9.78 Å². The van der Waals surface area contributed by atoms with E-state index in [0.717, 1.165) is 48.4 Å². The van der Waals surface area contributed by atoms with Crippen LogP contribution in [0.1, 0.15) is 29.2 Å². The van der Waals surface area contributed by atoms with Gasteiger partial charge in [0.1, 0.15) is 11.5 Å². The van der Waals surface area contributed by atoms with Gasteiger partial charge in [0.25, 0.3) is 5.91 Å². The molecule has 1 amide bonds. The molecule has 4 aromatic rings. The normalized spacial score (nSPS) is 16.2. The SMILES string of the molecule is O=C(NC1CCc2nnc(-c3ccncc3)n2CC1)c1ccc2cccnc2n1. The van der Waals surface area contributed by atoms with Crippen LogP contribution in [-0.2, 0) is 13.0 Å². The van der Waals surface area contributed by atoms with E-state index >= 15 is 0 Å². The second kappa shape index (κ2) is 7.38. The Morgan fingerprint density at radius 2 is 1.93 bits per heavy atom. The van der Waals surface area contributed by atoms with Gasteiger partial charge in [-0.15, -0.1) is 10.2 Å². The summed E-state index contributed by atoms with van der Waals surface area (Å²) < 4.78 is 2.14. The lowest BCUT2D eigenvalue weighted by Gasteiger charge is -2.16. The number of nitrogens with zero attached hydrogens (tertiary/aromatic N) is 6. The van der Waals surface area contributed by atoms with Crippen molar-refractivity contribution in [2.24, 2.45) is 0 Å². The van der Waals surface area contributed by atoms with Crippen LogP contribution in [0.25, 0.3) is 22.4 Å². The van der Waals surface area contributed by atoms with Crippen molar-refractivity contribution >= 4 is 16.9 Å². The third kappa shape index (κ3) is 3.44. The zero-order valence-electron chi connectivity index (χ0n) is 15.7. The second-order valence-corrected chi connectivity index (χ2v) is 7.07. The first-order valence-corrected chi connectivity index (χ1v) is 9.63. The van der Waals surface area contributed by atoms with E-state index in [9.17, 15) is 4.79 Å². The van der Waals surface area contributed by atoms with E-state index in [-0.39, 0.29) is 11.9 Å². The van der Waals surface area contributed by atoms with Crippen LogP contribution in [0.15, 0.2) is 55.0 Å². The topological polar surface area (TPSA) is 98.5 Å². The van der Waals surface area contributed by atoms with Gasteiger partial charge >= 0.3 is 0 Å². The predicted octanol–water partition coefficient (Wildman–Crippen LogP) is 2.42. The minimum absolute atomic E-state index is 0.0516. The Hall–Kier alpha value is -3.68. The highest BCUT2D eigenvalue weighted by molar-refractivity contribution is 5.94. The highest BCUT2D eigenvalue weighted by atomic mass is 16.1. The predicted molar refractivity (Wildman–Crippen MR) is 107 cm³/mol. The molecule has 29 heavy (non-hydrogen) atoms. The van der Waals surface area contributed by atoms with E-state index in [4.69, 9.17) is 0 Å². The molecule has 0 fully saturated rings. The van der Waals surface area contributed by atoms with E-state index in [0.29, 0.717) is 11.3 Å². The maximum atomic E-state index is 12.7. The summed E-state index contributed by atoms with van der Waals surface area (Å²) >= 11 is 0. The molecule has 8 nitrogen and oxygen atoms in total. The molecule has 1 atom stereocenters. The van der Waals surface area contributed by atoms with Gasteiger partial charge in [0.15, 0.2) is 11.5 Å². The molecule has 1 aliphatic heterocycles. The number of carbonyl (C=O) groups excluding carboxylic acids is 1. The summed E-state index contributed by atoms with van der Waals surface area (Å²) in [6.07, 6.45) is 7.56. The molecule has 5 rings (SSSR count). The molecule has 0 spiro atoms. The second-order valence-electron chi connectivity index (χ2n) is 7.07. The summed E-state index contributed by atoms with van der Waals surface area (Å²) in [4.78, 5) is 25.4. The Kier molecular flexibility index (Phi) is 4.44. The number of hydrogen-bond acceptors (Lipinski definition) is 6. The smallest absolute Gasteiger partial charge is 0.270 e. The van der Waals surface area contributed by atoms with Gasteiger partial charge in [0, 0.05) is 48.5 Å². The largest absolute Gasteiger partial charge is 0.348 e. The lowest BCUT2D eigenvalue weighted by molar-refractivity contribution is 0.0928. The zero-order valence-corrected chi connectivity index (χ0v) is 15.7. The van der Waals surface area contributed by atoms with Crippen LogP contribution in [0.4, 0.5) is 0 Å². The van der Waals surface area contributed by atoms with Gasteiger partial charge in [0.05, 0.1) is 0 Å². The highest BCUT2D eigenvalue weighted by Crippen LogP contribution is 2.22. The standard InChI is InChI=1S/C21H19N7O/c29-21(17-5-3-14-2-1-10-23-19(14)25-17)24-16-4-6-18-26-27-20(28(18)13-9-16)15-7-11-22-12-8-15/h1-3,5,7-8,10-12,16H,4,6,9,13H2,(H,24,29). The van der Waals surface area contributed by atoms with Crippen molar-refractivity contribution < 1.29 is 4.79 Å². The fourth-order valence-electron chi connectivity index (χ4n) is 3.69. The Bertz CT molecular complexity index is 1170. The average molecular weight is 385 g/mol. The van der Waals surface area contributed by atoms with Crippen molar-refractivity contribution in [3.05, 3.63) is 66.5 Å². The number of carbonyl (C=O) groups is 1. The molecule has 0 saturated carbocycles. The van der Waals surface area contributed by atoms with E-state index in [2.05, 4.69) is 35.0 Å². The number of amides is 1. The van der Waals surface area contributed by atoms with Gasteiger partial charge in [-0.05, 0) is 49.2 Å². The summed E-state index contributed by atoms with van der Waals surface area (Å²) in [5.41, 5.74) is 1.96. The molecule has 144 valence electrons.